The number of amides is 1. The van der Waals surface area contributed by atoms with Crippen LogP contribution in [0, 0.1) is 0 Å². The van der Waals surface area contributed by atoms with E-state index in [0.717, 1.165) is 12.8 Å². The fraction of sp³-hybridized carbons (Fsp3) is 0.462. The molecule has 1 saturated heterocycles. The molecule has 0 atom stereocenters. The number of primary sulfonamides is 1. The summed E-state index contributed by atoms with van der Waals surface area (Å²) in [5.74, 6) is -0.306. The molecule has 110 valence electrons. The third-order valence-electron chi connectivity index (χ3n) is 3.44. The molecule has 1 aliphatic heterocycles. The second-order valence-corrected chi connectivity index (χ2v) is 6.76. The number of carbonyl (C=O) groups is 1. The number of sulfonamides is 1. The lowest BCUT2D eigenvalue weighted by molar-refractivity contribution is 0.0423. The van der Waals surface area contributed by atoms with Crippen LogP contribution in [0.2, 0.25) is 0 Å². The molecule has 1 heterocycles. The molecule has 6 nitrogen and oxygen atoms in total. The first-order chi connectivity index (χ1) is 9.30. The van der Waals surface area contributed by atoms with Gasteiger partial charge in [0.2, 0.25) is 10.0 Å². The van der Waals surface area contributed by atoms with Gasteiger partial charge in [-0.25, -0.2) is 13.6 Å². The van der Waals surface area contributed by atoms with Crippen LogP contribution in [0.5, 0.6) is 0 Å². The third-order valence-corrected chi connectivity index (χ3v) is 4.35. The highest BCUT2D eigenvalue weighted by molar-refractivity contribution is 7.89. The fourth-order valence-electron chi connectivity index (χ4n) is 2.11. The van der Waals surface area contributed by atoms with Crippen molar-refractivity contribution in [3.8, 4) is 0 Å². The lowest BCUT2D eigenvalue weighted by Crippen LogP contribution is -2.49. The summed E-state index contributed by atoms with van der Waals surface area (Å²) in [6.07, 6.45) is 1.46. The zero-order valence-electron chi connectivity index (χ0n) is 11.3. The van der Waals surface area contributed by atoms with Gasteiger partial charge >= 0.3 is 0 Å². The SMILES string of the molecule is CC1(NC(=O)c2cccc(S(N)(=O)=O)c2)CCOCC1. The molecule has 1 aromatic rings. The van der Waals surface area contributed by atoms with Crippen LogP contribution in [0.3, 0.4) is 0 Å². The van der Waals surface area contributed by atoms with Crippen LogP contribution in [0.25, 0.3) is 0 Å². The van der Waals surface area contributed by atoms with E-state index >= 15 is 0 Å². The molecular formula is C13H18N2O4S. The minimum Gasteiger partial charge on any atom is -0.381 e. The Balaban J connectivity index is 2.17. The highest BCUT2D eigenvalue weighted by Gasteiger charge is 2.29. The normalized spacial score (nSPS) is 18.5. The molecule has 3 N–H and O–H groups in total. The molecule has 0 bridgehead atoms. The predicted octanol–water partition coefficient (Wildman–Crippen LogP) is 0.633. The van der Waals surface area contributed by atoms with E-state index in [9.17, 15) is 13.2 Å². The van der Waals surface area contributed by atoms with Crippen molar-refractivity contribution in [3.05, 3.63) is 29.8 Å². The minimum atomic E-state index is -3.81. The van der Waals surface area contributed by atoms with Gasteiger partial charge in [-0.15, -0.1) is 0 Å². The van der Waals surface area contributed by atoms with Crippen molar-refractivity contribution >= 4 is 15.9 Å². The molecule has 0 saturated carbocycles. The van der Waals surface area contributed by atoms with Crippen molar-refractivity contribution in [1.29, 1.82) is 0 Å². The van der Waals surface area contributed by atoms with Crippen molar-refractivity contribution in [1.82, 2.24) is 5.32 Å². The Labute approximate surface area is 118 Å². The molecule has 1 fully saturated rings. The second-order valence-electron chi connectivity index (χ2n) is 5.20. The van der Waals surface area contributed by atoms with Gasteiger partial charge in [0.1, 0.15) is 0 Å². The first kappa shape index (κ1) is 15.0. The minimum absolute atomic E-state index is 0.0673. The van der Waals surface area contributed by atoms with Crippen LogP contribution in [0.4, 0.5) is 0 Å². The number of benzene rings is 1. The lowest BCUT2D eigenvalue weighted by atomic mass is 9.92. The average molecular weight is 298 g/mol. The molecule has 0 aromatic heterocycles. The first-order valence-corrected chi connectivity index (χ1v) is 7.88. The molecule has 0 unspecified atom stereocenters. The Morgan fingerprint density at radius 1 is 1.35 bits per heavy atom. The molecule has 1 aliphatic rings. The van der Waals surface area contributed by atoms with E-state index < -0.39 is 10.0 Å². The van der Waals surface area contributed by atoms with Gasteiger partial charge in [-0.1, -0.05) is 6.07 Å². The summed E-state index contributed by atoms with van der Waals surface area (Å²) in [6.45, 7) is 3.17. The zero-order chi connectivity index (χ0) is 14.8. The smallest absolute Gasteiger partial charge is 0.251 e. The number of carbonyl (C=O) groups excluding carboxylic acids is 1. The van der Waals surface area contributed by atoms with E-state index in [0.29, 0.717) is 13.2 Å². The van der Waals surface area contributed by atoms with Gasteiger partial charge in [-0.05, 0) is 38.0 Å². The number of hydrogen-bond donors (Lipinski definition) is 2. The van der Waals surface area contributed by atoms with Crippen LogP contribution >= 0.6 is 0 Å². The van der Waals surface area contributed by atoms with Crippen LogP contribution < -0.4 is 10.5 Å². The molecule has 7 heteroatoms. The lowest BCUT2D eigenvalue weighted by Gasteiger charge is -2.34. The maximum atomic E-state index is 12.2. The molecule has 0 radical (unpaired) electrons. The van der Waals surface area contributed by atoms with Gasteiger partial charge in [0.05, 0.1) is 4.90 Å². The summed E-state index contributed by atoms with van der Waals surface area (Å²) in [5.41, 5.74) is -0.0448. The molecular weight excluding hydrogens is 280 g/mol. The summed E-state index contributed by atoms with van der Waals surface area (Å²) in [7, 11) is -3.81. The largest absolute Gasteiger partial charge is 0.381 e. The van der Waals surface area contributed by atoms with E-state index in [1.54, 1.807) is 6.07 Å². The number of ether oxygens (including phenoxy) is 1. The standard InChI is InChI=1S/C13H18N2O4S/c1-13(5-7-19-8-6-13)15-12(16)10-3-2-4-11(9-10)20(14,17)18/h2-4,9H,5-8H2,1H3,(H,15,16)(H2,14,17,18). The van der Waals surface area contributed by atoms with Crippen molar-refractivity contribution in [2.24, 2.45) is 5.14 Å². The summed E-state index contributed by atoms with van der Waals surface area (Å²) < 4.78 is 27.8. The number of rotatable bonds is 3. The van der Waals surface area contributed by atoms with E-state index in [1.807, 2.05) is 6.92 Å². The number of hydrogen-bond acceptors (Lipinski definition) is 4. The fourth-order valence-corrected chi connectivity index (χ4v) is 2.67. The number of nitrogens with one attached hydrogen (secondary N) is 1. The molecule has 0 aliphatic carbocycles. The van der Waals surface area contributed by atoms with Crippen molar-refractivity contribution in [3.63, 3.8) is 0 Å². The Morgan fingerprint density at radius 3 is 2.60 bits per heavy atom. The first-order valence-electron chi connectivity index (χ1n) is 6.33. The van der Waals surface area contributed by atoms with E-state index in [2.05, 4.69) is 5.32 Å². The third kappa shape index (κ3) is 3.56. The zero-order valence-corrected chi connectivity index (χ0v) is 12.1. The Hall–Kier alpha value is -1.44. The maximum absolute atomic E-state index is 12.2. The second kappa shape index (κ2) is 5.51. The molecule has 2 rings (SSSR count). The average Bonchev–Trinajstić information content (AvgIpc) is 2.38. The summed E-state index contributed by atoms with van der Waals surface area (Å²) in [6, 6.07) is 5.71. The maximum Gasteiger partial charge on any atom is 0.251 e. The van der Waals surface area contributed by atoms with E-state index in [4.69, 9.17) is 9.88 Å². The molecule has 0 spiro atoms. The van der Waals surface area contributed by atoms with Crippen molar-refractivity contribution < 1.29 is 17.9 Å². The Morgan fingerprint density at radius 2 is 2.00 bits per heavy atom. The quantitative estimate of drug-likeness (QED) is 0.855. The summed E-state index contributed by atoms with van der Waals surface area (Å²) >= 11 is 0. The Kier molecular flexibility index (Phi) is 4.12. The monoisotopic (exact) mass is 298 g/mol. The van der Waals surface area contributed by atoms with Gasteiger partial charge in [0.25, 0.3) is 5.91 Å². The summed E-state index contributed by atoms with van der Waals surface area (Å²) in [5, 5.41) is 8.00. The highest BCUT2D eigenvalue weighted by atomic mass is 32.2. The molecule has 1 aromatic carbocycles. The molecule has 1 amide bonds. The van der Waals surface area contributed by atoms with Gasteiger partial charge in [-0.3, -0.25) is 4.79 Å². The van der Waals surface area contributed by atoms with Gasteiger partial charge in [0, 0.05) is 24.3 Å². The van der Waals surface area contributed by atoms with Crippen molar-refractivity contribution in [2.75, 3.05) is 13.2 Å². The van der Waals surface area contributed by atoms with Crippen LogP contribution in [-0.4, -0.2) is 33.1 Å². The van der Waals surface area contributed by atoms with Gasteiger partial charge < -0.3 is 10.1 Å². The van der Waals surface area contributed by atoms with Crippen LogP contribution in [0.15, 0.2) is 29.2 Å². The molecule has 20 heavy (non-hydrogen) atoms. The highest BCUT2D eigenvalue weighted by Crippen LogP contribution is 2.20. The van der Waals surface area contributed by atoms with E-state index in [-0.39, 0.29) is 21.9 Å². The van der Waals surface area contributed by atoms with E-state index in [1.165, 1.54) is 18.2 Å². The van der Waals surface area contributed by atoms with Crippen LogP contribution in [0.1, 0.15) is 30.1 Å². The summed E-state index contributed by atoms with van der Waals surface area (Å²) in [4.78, 5) is 12.1. The van der Waals surface area contributed by atoms with Crippen LogP contribution in [-0.2, 0) is 14.8 Å². The van der Waals surface area contributed by atoms with Gasteiger partial charge in [0.15, 0.2) is 0 Å². The predicted molar refractivity (Wildman–Crippen MR) is 73.7 cm³/mol. The van der Waals surface area contributed by atoms with Crippen molar-refractivity contribution in [2.45, 2.75) is 30.2 Å². The number of nitrogens with two attached hydrogens (primary N) is 1. The topological polar surface area (TPSA) is 98.5 Å². The van der Waals surface area contributed by atoms with Gasteiger partial charge in [-0.2, -0.15) is 0 Å². The Bertz CT molecular complexity index is 607.